The molecule has 2 heterocycles. The Labute approximate surface area is 132 Å². The quantitative estimate of drug-likeness (QED) is 0.640. The predicted molar refractivity (Wildman–Crippen MR) is 82.0 cm³/mol. The van der Waals surface area contributed by atoms with Crippen LogP contribution in [0.2, 0.25) is 0 Å². The van der Waals surface area contributed by atoms with Gasteiger partial charge in [-0.05, 0) is 32.2 Å². The standard InChI is InChI=1S/C14H26N2O5S/c1-20-14(17)13-5-2-3-7-16(13)22(18,19)12-4-6-15-8-10-21-11-9-15/h13H,2-12H2,1H3/t13-/m1/s1. The summed E-state index contributed by atoms with van der Waals surface area (Å²) in [4.78, 5) is 14.0. The van der Waals surface area contributed by atoms with E-state index in [9.17, 15) is 13.2 Å². The van der Waals surface area contributed by atoms with Gasteiger partial charge in [0.2, 0.25) is 10.0 Å². The zero-order valence-electron chi connectivity index (χ0n) is 13.2. The van der Waals surface area contributed by atoms with Crippen LogP contribution in [-0.4, -0.2) is 81.9 Å². The Morgan fingerprint density at radius 2 is 1.95 bits per heavy atom. The van der Waals surface area contributed by atoms with Crippen LogP contribution in [0.25, 0.3) is 0 Å². The molecule has 2 rings (SSSR count). The fourth-order valence-electron chi connectivity index (χ4n) is 3.02. The largest absolute Gasteiger partial charge is 0.468 e. The molecule has 0 N–H and O–H groups in total. The van der Waals surface area contributed by atoms with Crippen molar-refractivity contribution in [3.63, 3.8) is 0 Å². The summed E-state index contributed by atoms with van der Waals surface area (Å²) in [6.45, 7) is 4.30. The van der Waals surface area contributed by atoms with Crippen LogP contribution in [-0.2, 0) is 24.3 Å². The van der Waals surface area contributed by atoms with Crippen molar-refractivity contribution in [2.24, 2.45) is 0 Å². The van der Waals surface area contributed by atoms with E-state index in [1.807, 2.05) is 0 Å². The molecule has 1 atom stereocenters. The number of hydrogen-bond acceptors (Lipinski definition) is 6. The Balaban J connectivity index is 1.88. The van der Waals surface area contributed by atoms with Crippen LogP contribution >= 0.6 is 0 Å². The summed E-state index contributed by atoms with van der Waals surface area (Å²) in [7, 11) is -2.11. The van der Waals surface area contributed by atoms with E-state index in [1.165, 1.54) is 11.4 Å². The molecule has 2 fully saturated rings. The number of ether oxygens (including phenoxy) is 2. The molecule has 0 aromatic carbocycles. The van der Waals surface area contributed by atoms with E-state index in [1.54, 1.807) is 0 Å². The summed E-state index contributed by atoms with van der Waals surface area (Å²) in [6, 6.07) is -0.646. The first-order valence-corrected chi connectivity index (χ1v) is 9.53. The molecule has 0 aromatic rings. The SMILES string of the molecule is COC(=O)[C@H]1CCCCN1S(=O)(=O)CCCN1CCOCC1. The van der Waals surface area contributed by atoms with Gasteiger partial charge in [-0.25, -0.2) is 8.42 Å². The molecule has 0 bridgehead atoms. The summed E-state index contributed by atoms with van der Waals surface area (Å²) in [5, 5.41) is 0. The number of rotatable bonds is 6. The van der Waals surface area contributed by atoms with Gasteiger partial charge in [-0.3, -0.25) is 9.69 Å². The maximum atomic E-state index is 12.5. The maximum Gasteiger partial charge on any atom is 0.324 e. The zero-order valence-corrected chi connectivity index (χ0v) is 14.0. The van der Waals surface area contributed by atoms with Crippen molar-refractivity contribution >= 4 is 16.0 Å². The average molecular weight is 334 g/mol. The van der Waals surface area contributed by atoms with Crippen LogP contribution in [0.5, 0.6) is 0 Å². The highest BCUT2D eigenvalue weighted by Crippen LogP contribution is 2.22. The molecule has 2 aliphatic heterocycles. The Morgan fingerprint density at radius 3 is 2.64 bits per heavy atom. The molecule has 0 spiro atoms. The first-order valence-electron chi connectivity index (χ1n) is 7.92. The van der Waals surface area contributed by atoms with Gasteiger partial charge in [-0.1, -0.05) is 0 Å². The lowest BCUT2D eigenvalue weighted by Crippen LogP contribution is -2.49. The highest BCUT2D eigenvalue weighted by atomic mass is 32.2. The Bertz CT molecular complexity index is 462. The molecule has 0 saturated carbocycles. The lowest BCUT2D eigenvalue weighted by Gasteiger charge is -2.33. The Morgan fingerprint density at radius 1 is 1.23 bits per heavy atom. The van der Waals surface area contributed by atoms with Crippen molar-refractivity contribution in [1.29, 1.82) is 0 Å². The molecule has 2 saturated heterocycles. The predicted octanol–water partition coefficient (Wildman–Crippen LogP) is 0.0660. The van der Waals surface area contributed by atoms with Gasteiger partial charge in [-0.2, -0.15) is 4.31 Å². The molecule has 7 nitrogen and oxygen atoms in total. The minimum atomic E-state index is -3.41. The number of morpholine rings is 1. The molecule has 0 aliphatic carbocycles. The van der Waals surface area contributed by atoms with Gasteiger partial charge in [0.15, 0.2) is 0 Å². The first kappa shape index (κ1) is 17.7. The topological polar surface area (TPSA) is 76.2 Å². The van der Waals surface area contributed by atoms with Gasteiger partial charge in [0.25, 0.3) is 0 Å². The molecule has 2 aliphatic rings. The average Bonchev–Trinajstić information content (AvgIpc) is 2.55. The summed E-state index contributed by atoms with van der Waals surface area (Å²) < 4.78 is 36.4. The van der Waals surface area contributed by atoms with Crippen molar-refractivity contribution in [2.75, 3.05) is 52.3 Å². The van der Waals surface area contributed by atoms with Crippen LogP contribution in [0.3, 0.4) is 0 Å². The van der Waals surface area contributed by atoms with Crippen LogP contribution in [0.1, 0.15) is 25.7 Å². The van der Waals surface area contributed by atoms with E-state index >= 15 is 0 Å². The fourth-order valence-corrected chi connectivity index (χ4v) is 4.74. The molecule has 0 unspecified atom stereocenters. The van der Waals surface area contributed by atoms with Crippen molar-refractivity contribution in [2.45, 2.75) is 31.7 Å². The smallest absolute Gasteiger partial charge is 0.324 e. The summed E-state index contributed by atoms with van der Waals surface area (Å²) in [6.07, 6.45) is 2.79. The number of carbonyl (C=O) groups excluding carboxylic acids is 1. The van der Waals surface area contributed by atoms with Crippen molar-refractivity contribution in [3.8, 4) is 0 Å². The third-order valence-corrected chi connectivity index (χ3v) is 6.22. The normalized spacial score (nSPS) is 25.0. The number of piperidine rings is 1. The lowest BCUT2D eigenvalue weighted by atomic mass is 10.1. The van der Waals surface area contributed by atoms with E-state index in [0.717, 1.165) is 32.5 Å². The van der Waals surface area contributed by atoms with Gasteiger partial charge >= 0.3 is 5.97 Å². The van der Waals surface area contributed by atoms with Gasteiger partial charge < -0.3 is 9.47 Å². The monoisotopic (exact) mass is 334 g/mol. The minimum absolute atomic E-state index is 0.0812. The van der Waals surface area contributed by atoms with E-state index in [-0.39, 0.29) is 5.75 Å². The number of methoxy groups -OCH3 is 1. The highest BCUT2D eigenvalue weighted by Gasteiger charge is 2.37. The first-order chi connectivity index (χ1) is 10.5. The molecule has 22 heavy (non-hydrogen) atoms. The Hall–Kier alpha value is -0.700. The van der Waals surface area contributed by atoms with Crippen LogP contribution < -0.4 is 0 Å². The summed E-state index contributed by atoms with van der Waals surface area (Å²) >= 11 is 0. The van der Waals surface area contributed by atoms with Crippen molar-refractivity contribution in [1.82, 2.24) is 9.21 Å². The van der Waals surface area contributed by atoms with Crippen LogP contribution in [0.4, 0.5) is 0 Å². The second kappa shape index (κ2) is 8.24. The van der Waals surface area contributed by atoms with E-state index < -0.39 is 22.0 Å². The second-order valence-corrected chi connectivity index (χ2v) is 7.81. The van der Waals surface area contributed by atoms with Crippen LogP contribution in [0, 0.1) is 0 Å². The second-order valence-electron chi connectivity index (χ2n) is 5.77. The molecule has 0 radical (unpaired) electrons. The molecular formula is C14H26N2O5S. The van der Waals surface area contributed by atoms with Crippen molar-refractivity contribution in [3.05, 3.63) is 0 Å². The van der Waals surface area contributed by atoms with E-state index in [0.29, 0.717) is 32.6 Å². The van der Waals surface area contributed by atoms with Gasteiger partial charge in [0.1, 0.15) is 6.04 Å². The number of esters is 1. The molecule has 8 heteroatoms. The zero-order chi connectivity index (χ0) is 16.0. The van der Waals surface area contributed by atoms with Gasteiger partial charge in [0, 0.05) is 19.6 Å². The summed E-state index contributed by atoms with van der Waals surface area (Å²) in [5.74, 6) is -0.367. The van der Waals surface area contributed by atoms with Gasteiger partial charge in [-0.15, -0.1) is 0 Å². The third kappa shape index (κ3) is 4.65. The summed E-state index contributed by atoms with van der Waals surface area (Å²) in [5.41, 5.74) is 0. The molecule has 0 aromatic heterocycles. The van der Waals surface area contributed by atoms with E-state index in [4.69, 9.17) is 9.47 Å². The van der Waals surface area contributed by atoms with E-state index in [2.05, 4.69) is 4.90 Å². The number of hydrogen-bond donors (Lipinski definition) is 0. The molecule has 128 valence electrons. The molecular weight excluding hydrogens is 308 g/mol. The minimum Gasteiger partial charge on any atom is -0.468 e. The number of carbonyl (C=O) groups is 1. The highest BCUT2D eigenvalue weighted by molar-refractivity contribution is 7.89. The van der Waals surface area contributed by atoms with Crippen LogP contribution in [0.15, 0.2) is 0 Å². The molecule has 0 amide bonds. The fraction of sp³-hybridized carbons (Fsp3) is 0.929. The maximum absolute atomic E-state index is 12.5. The third-order valence-electron chi connectivity index (χ3n) is 4.26. The Kier molecular flexibility index (Phi) is 6.61. The van der Waals surface area contributed by atoms with Crippen molar-refractivity contribution < 1.29 is 22.7 Å². The number of nitrogens with zero attached hydrogens (tertiary/aromatic N) is 2. The number of sulfonamides is 1. The lowest BCUT2D eigenvalue weighted by molar-refractivity contribution is -0.146. The van der Waals surface area contributed by atoms with Gasteiger partial charge in [0.05, 0.1) is 26.1 Å².